The largest absolute Gasteiger partial charge is 0.494 e. The lowest BCUT2D eigenvalue weighted by molar-refractivity contribution is -0.124. The van der Waals surface area contributed by atoms with Crippen LogP contribution in [0.5, 0.6) is 5.75 Å². The van der Waals surface area contributed by atoms with Crippen LogP contribution >= 0.6 is 12.2 Å². The number of nitrogens with zero attached hydrogens (tertiary/aromatic N) is 2. The van der Waals surface area contributed by atoms with Crippen molar-refractivity contribution in [1.29, 1.82) is 0 Å². The zero-order chi connectivity index (χ0) is 27.2. The van der Waals surface area contributed by atoms with E-state index in [0.717, 1.165) is 34.5 Å². The highest BCUT2D eigenvalue weighted by molar-refractivity contribution is 7.80. The van der Waals surface area contributed by atoms with Crippen LogP contribution in [-0.2, 0) is 9.59 Å². The maximum Gasteiger partial charge on any atom is 0.269 e. The molecule has 0 spiro atoms. The summed E-state index contributed by atoms with van der Waals surface area (Å²) < 4.78 is 32.7. The molecule has 0 bridgehead atoms. The molecule has 1 unspecified atom stereocenters. The number of ether oxygens (including phenoxy) is 1. The SMILES string of the molecule is CCCOc1ccc(NC(=O)CC2C(=O)N(c3ccc(F)cc3)C(=S)N2NC(=O)c2cccc(F)c2)cc1. The van der Waals surface area contributed by atoms with Gasteiger partial charge in [-0.05, 0) is 85.4 Å². The maximum absolute atomic E-state index is 13.7. The minimum absolute atomic E-state index is 0.00550. The Morgan fingerprint density at radius 1 is 1.00 bits per heavy atom. The smallest absolute Gasteiger partial charge is 0.269 e. The molecule has 2 N–H and O–H groups in total. The first-order valence-electron chi connectivity index (χ1n) is 11.8. The van der Waals surface area contributed by atoms with Crippen molar-refractivity contribution in [2.45, 2.75) is 25.8 Å². The minimum Gasteiger partial charge on any atom is -0.494 e. The van der Waals surface area contributed by atoms with Crippen molar-refractivity contribution < 1.29 is 27.9 Å². The van der Waals surface area contributed by atoms with Gasteiger partial charge in [0.05, 0.1) is 18.7 Å². The molecule has 38 heavy (non-hydrogen) atoms. The maximum atomic E-state index is 13.7. The quantitative estimate of drug-likeness (QED) is 0.392. The number of amides is 3. The van der Waals surface area contributed by atoms with Gasteiger partial charge in [-0.1, -0.05) is 13.0 Å². The van der Waals surface area contributed by atoms with Crippen LogP contribution in [0.25, 0.3) is 0 Å². The van der Waals surface area contributed by atoms with Crippen molar-refractivity contribution in [3.63, 3.8) is 0 Å². The Hall–Kier alpha value is -4.38. The molecule has 1 fully saturated rings. The van der Waals surface area contributed by atoms with Gasteiger partial charge in [-0.2, -0.15) is 0 Å². The van der Waals surface area contributed by atoms with E-state index in [2.05, 4.69) is 10.7 Å². The molecule has 8 nitrogen and oxygen atoms in total. The number of hydrogen-bond acceptors (Lipinski definition) is 5. The highest BCUT2D eigenvalue weighted by Gasteiger charge is 2.45. The zero-order valence-corrected chi connectivity index (χ0v) is 21.1. The van der Waals surface area contributed by atoms with Crippen LogP contribution in [-0.4, -0.2) is 40.5 Å². The summed E-state index contributed by atoms with van der Waals surface area (Å²) in [5, 5.41) is 3.68. The summed E-state index contributed by atoms with van der Waals surface area (Å²) in [6, 6.07) is 15.6. The third-order valence-corrected chi connectivity index (χ3v) is 5.98. The second kappa shape index (κ2) is 11.8. The van der Waals surface area contributed by atoms with Crippen LogP contribution in [0.15, 0.2) is 72.8 Å². The normalized spacial score (nSPS) is 15.0. The van der Waals surface area contributed by atoms with Gasteiger partial charge in [0.25, 0.3) is 11.8 Å². The van der Waals surface area contributed by atoms with Gasteiger partial charge < -0.3 is 10.1 Å². The average Bonchev–Trinajstić information content (AvgIpc) is 3.12. The molecule has 0 radical (unpaired) electrons. The van der Waals surface area contributed by atoms with Gasteiger partial charge in [0, 0.05) is 11.3 Å². The molecule has 196 valence electrons. The number of hydrazine groups is 1. The Kier molecular flexibility index (Phi) is 8.27. The third kappa shape index (κ3) is 6.12. The van der Waals surface area contributed by atoms with Crippen LogP contribution in [0, 0.1) is 11.6 Å². The number of halogens is 2. The molecule has 0 aromatic heterocycles. The predicted octanol–water partition coefficient (Wildman–Crippen LogP) is 4.43. The standard InChI is InChI=1S/C27H24F2N4O4S/c1-2-14-37-22-12-8-20(9-13-22)30-24(34)16-23-26(36)32(21-10-6-18(28)7-11-21)27(38)33(23)31-25(35)17-4-3-5-19(29)15-17/h3-13,15,23H,2,14,16H2,1H3,(H,30,34)(H,31,35). The van der Waals surface area contributed by atoms with E-state index in [-0.39, 0.29) is 22.8 Å². The Bertz CT molecular complexity index is 1350. The van der Waals surface area contributed by atoms with E-state index >= 15 is 0 Å². The topological polar surface area (TPSA) is 91.0 Å². The number of benzene rings is 3. The third-order valence-electron chi connectivity index (χ3n) is 5.60. The minimum atomic E-state index is -1.21. The number of thiocarbonyl (C=S) groups is 1. The summed E-state index contributed by atoms with van der Waals surface area (Å²) in [5.41, 5.74) is 3.25. The monoisotopic (exact) mass is 538 g/mol. The first-order chi connectivity index (χ1) is 18.3. The Labute approximate surface area is 223 Å². The van der Waals surface area contributed by atoms with Crippen molar-refractivity contribution in [3.05, 3.63) is 90.0 Å². The first-order valence-corrected chi connectivity index (χ1v) is 12.2. The Morgan fingerprint density at radius 3 is 2.37 bits per heavy atom. The molecular weight excluding hydrogens is 514 g/mol. The van der Waals surface area contributed by atoms with Gasteiger partial charge >= 0.3 is 0 Å². The van der Waals surface area contributed by atoms with Gasteiger partial charge in [-0.15, -0.1) is 0 Å². The lowest BCUT2D eigenvalue weighted by Gasteiger charge is -2.24. The summed E-state index contributed by atoms with van der Waals surface area (Å²) in [7, 11) is 0. The number of carbonyl (C=O) groups excluding carboxylic acids is 3. The molecule has 11 heteroatoms. The Balaban J connectivity index is 1.54. The molecule has 4 rings (SSSR count). The van der Waals surface area contributed by atoms with E-state index in [1.165, 1.54) is 30.3 Å². The fourth-order valence-electron chi connectivity index (χ4n) is 3.77. The highest BCUT2D eigenvalue weighted by Crippen LogP contribution is 2.27. The second-order valence-corrected chi connectivity index (χ2v) is 8.76. The molecule has 1 aliphatic rings. The van der Waals surface area contributed by atoms with Gasteiger partial charge in [0.15, 0.2) is 0 Å². The van der Waals surface area contributed by atoms with E-state index in [1.54, 1.807) is 24.3 Å². The first kappa shape index (κ1) is 26.7. The van der Waals surface area contributed by atoms with E-state index in [9.17, 15) is 23.2 Å². The highest BCUT2D eigenvalue weighted by atomic mass is 32.1. The van der Waals surface area contributed by atoms with E-state index in [1.807, 2.05) is 6.92 Å². The van der Waals surface area contributed by atoms with Crippen molar-refractivity contribution in [3.8, 4) is 5.75 Å². The number of rotatable bonds is 9. The van der Waals surface area contributed by atoms with Crippen molar-refractivity contribution >= 4 is 46.4 Å². The molecule has 1 saturated heterocycles. The molecule has 1 heterocycles. The number of carbonyl (C=O) groups is 3. The number of hydrogen-bond donors (Lipinski definition) is 2. The van der Waals surface area contributed by atoms with E-state index < -0.39 is 35.4 Å². The predicted molar refractivity (Wildman–Crippen MR) is 141 cm³/mol. The van der Waals surface area contributed by atoms with Crippen LogP contribution in [0.4, 0.5) is 20.2 Å². The van der Waals surface area contributed by atoms with Crippen molar-refractivity contribution in [1.82, 2.24) is 10.4 Å². The van der Waals surface area contributed by atoms with Crippen LogP contribution in [0.2, 0.25) is 0 Å². The zero-order valence-electron chi connectivity index (χ0n) is 20.3. The van der Waals surface area contributed by atoms with Crippen molar-refractivity contribution in [2.24, 2.45) is 0 Å². The fraction of sp³-hybridized carbons (Fsp3) is 0.185. The number of nitrogens with one attached hydrogen (secondary N) is 2. The molecule has 3 aromatic carbocycles. The summed E-state index contributed by atoms with van der Waals surface area (Å²) in [5.74, 6) is -2.31. The van der Waals surface area contributed by atoms with Gasteiger partial charge in [-0.3, -0.25) is 24.7 Å². The molecule has 3 amide bonds. The van der Waals surface area contributed by atoms with E-state index in [4.69, 9.17) is 17.0 Å². The molecule has 1 aliphatic heterocycles. The summed E-state index contributed by atoms with van der Waals surface area (Å²) in [6.45, 7) is 2.56. The molecule has 3 aromatic rings. The van der Waals surface area contributed by atoms with Gasteiger partial charge in [0.1, 0.15) is 23.4 Å². The number of anilines is 2. The summed E-state index contributed by atoms with van der Waals surface area (Å²) in [6.07, 6.45) is 0.491. The molecule has 1 atom stereocenters. The fourth-order valence-corrected chi connectivity index (χ4v) is 4.14. The summed E-state index contributed by atoms with van der Waals surface area (Å²) in [4.78, 5) is 40.3. The second-order valence-electron chi connectivity index (χ2n) is 8.39. The molecule has 0 aliphatic carbocycles. The lowest BCUT2D eigenvalue weighted by Crippen LogP contribution is -2.49. The Morgan fingerprint density at radius 2 is 1.71 bits per heavy atom. The summed E-state index contributed by atoms with van der Waals surface area (Å²) >= 11 is 5.46. The molecule has 0 saturated carbocycles. The van der Waals surface area contributed by atoms with E-state index in [0.29, 0.717) is 18.0 Å². The lowest BCUT2D eigenvalue weighted by atomic mass is 10.1. The molecular formula is C27H24F2N4O4S. The van der Waals surface area contributed by atoms with Crippen LogP contribution < -0.4 is 20.4 Å². The van der Waals surface area contributed by atoms with Crippen LogP contribution in [0.3, 0.4) is 0 Å². The van der Waals surface area contributed by atoms with Gasteiger partial charge in [-0.25, -0.2) is 13.8 Å². The average molecular weight is 539 g/mol. The van der Waals surface area contributed by atoms with Crippen LogP contribution in [0.1, 0.15) is 30.1 Å². The van der Waals surface area contributed by atoms with Crippen molar-refractivity contribution in [2.75, 3.05) is 16.8 Å². The van der Waals surface area contributed by atoms with Gasteiger partial charge in [0.2, 0.25) is 11.0 Å².